The molecule has 152 valence electrons. The fraction of sp³-hybridized carbons (Fsp3) is 0.200. The summed E-state index contributed by atoms with van der Waals surface area (Å²) >= 11 is 7.61. The van der Waals surface area contributed by atoms with E-state index in [-0.39, 0.29) is 28.1 Å². The summed E-state index contributed by atoms with van der Waals surface area (Å²) in [4.78, 5) is 17.1. The van der Waals surface area contributed by atoms with Crippen molar-refractivity contribution in [1.82, 2.24) is 15.0 Å². The molecule has 1 aromatic heterocycles. The predicted octanol–water partition coefficient (Wildman–Crippen LogP) is 4.08. The van der Waals surface area contributed by atoms with Crippen LogP contribution in [0.4, 0.5) is 0 Å². The van der Waals surface area contributed by atoms with Crippen LogP contribution in [-0.4, -0.2) is 25.4 Å². The fourth-order valence-electron chi connectivity index (χ4n) is 2.59. The standard InChI is InChI=1S/C20H20ClN3O3S2/c1-13(2)24-29(26,27)16-8-9-18(21)17(10-16)19(25)22-11-15-12-28-20(23-15)14-6-4-3-5-7-14/h3-10,12-13,24H,11H2,1-2H3,(H,22,25). The van der Waals surface area contributed by atoms with Crippen LogP contribution >= 0.6 is 22.9 Å². The lowest BCUT2D eigenvalue weighted by atomic mass is 10.2. The van der Waals surface area contributed by atoms with Crippen molar-refractivity contribution < 1.29 is 13.2 Å². The summed E-state index contributed by atoms with van der Waals surface area (Å²) in [5.74, 6) is -0.467. The summed E-state index contributed by atoms with van der Waals surface area (Å²) in [6.07, 6.45) is 0. The lowest BCUT2D eigenvalue weighted by Gasteiger charge is -2.11. The number of sulfonamides is 1. The van der Waals surface area contributed by atoms with E-state index in [0.717, 1.165) is 10.6 Å². The first-order valence-electron chi connectivity index (χ1n) is 8.86. The van der Waals surface area contributed by atoms with E-state index in [9.17, 15) is 13.2 Å². The molecule has 0 radical (unpaired) electrons. The third-order valence-electron chi connectivity index (χ3n) is 3.89. The van der Waals surface area contributed by atoms with Crippen LogP contribution in [0, 0.1) is 0 Å². The number of hydrogen-bond donors (Lipinski definition) is 2. The number of benzene rings is 2. The molecule has 29 heavy (non-hydrogen) atoms. The second kappa shape index (κ2) is 9.04. The van der Waals surface area contributed by atoms with Gasteiger partial charge in [-0.15, -0.1) is 11.3 Å². The van der Waals surface area contributed by atoms with Crippen LogP contribution in [-0.2, 0) is 16.6 Å². The minimum atomic E-state index is -3.73. The van der Waals surface area contributed by atoms with E-state index in [1.807, 2.05) is 35.7 Å². The van der Waals surface area contributed by atoms with Crippen LogP contribution < -0.4 is 10.0 Å². The minimum Gasteiger partial charge on any atom is -0.346 e. The summed E-state index contributed by atoms with van der Waals surface area (Å²) in [7, 11) is -3.73. The maximum atomic E-state index is 12.6. The summed E-state index contributed by atoms with van der Waals surface area (Å²) in [6, 6.07) is 13.5. The molecule has 9 heteroatoms. The zero-order chi connectivity index (χ0) is 21.0. The van der Waals surface area contributed by atoms with E-state index in [0.29, 0.717) is 5.69 Å². The Hall–Kier alpha value is -2.26. The summed E-state index contributed by atoms with van der Waals surface area (Å²) < 4.78 is 27.2. The van der Waals surface area contributed by atoms with Gasteiger partial charge in [0.25, 0.3) is 5.91 Å². The number of hydrogen-bond acceptors (Lipinski definition) is 5. The minimum absolute atomic E-state index is 0.0132. The van der Waals surface area contributed by atoms with Gasteiger partial charge >= 0.3 is 0 Å². The van der Waals surface area contributed by atoms with Crippen molar-refractivity contribution in [3.8, 4) is 10.6 Å². The Morgan fingerprint density at radius 2 is 1.90 bits per heavy atom. The Kier molecular flexibility index (Phi) is 6.69. The van der Waals surface area contributed by atoms with Crippen molar-refractivity contribution in [2.24, 2.45) is 0 Å². The molecule has 2 aromatic carbocycles. The molecular weight excluding hydrogens is 430 g/mol. The number of aromatic nitrogens is 1. The third-order valence-corrected chi connectivity index (χ3v) is 6.81. The number of amides is 1. The van der Waals surface area contributed by atoms with Gasteiger partial charge in [-0.25, -0.2) is 18.1 Å². The molecule has 3 rings (SSSR count). The molecule has 6 nitrogen and oxygen atoms in total. The molecular formula is C20H20ClN3O3S2. The van der Waals surface area contributed by atoms with E-state index < -0.39 is 15.9 Å². The second-order valence-electron chi connectivity index (χ2n) is 6.61. The Labute approximate surface area is 179 Å². The molecule has 3 aromatic rings. The Balaban J connectivity index is 1.73. The molecule has 0 unspecified atom stereocenters. The van der Waals surface area contributed by atoms with Gasteiger partial charge < -0.3 is 5.32 Å². The van der Waals surface area contributed by atoms with Crippen molar-refractivity contribution in [2.45, 2.75) is 31.3 Å². The quantitative estimate of drug-likeness (QED) is 0.568. The first-order chi connectivity index (χ1) is 13.8. The van der Waals surface area contributed by atoms with Crippen LogP contribution in [0.1, 0.15) is 29.9 Å². The number of carbonyl (C=O) groups excluding carboxylic acids is 1. The van der Waals surface area contributed by atoms with Crippen molar-refractivity contribution in [1.29, 1.82) is 0 Å². The third kappa shape index (κ3) is 5.42. The number of carbonyl (C=O) groups is 1. The lowest BCUT2D eigenvalue weighted by molar-refractivity contribution is 0.0950. The second-order valence-corrected chi connectivity index (χ2v) is 9.59. The van der Waals surface area contributed by atoms with Crippen molar-refractivity contribution >= 4 is 38.9 Å². The van der Waals surface area contributed by atoms with E-state index in [2.05, 4.69) is 15.0 Å². The maximum Gasteiger partial charge on any atom is 0.253 e. The summed E-state index contributed by atoms with van der Waals surface area (Å²) in [5.41, 5.74) is 1.81. The van der Waals surface area contributed by atoms with E-state index in [4.69, 9.17) is 11.6 Å². The van der Waals surface area contributed by atoms with Crippen molar-refractivity contribution in [3.05, 3.63) is 70.2 Å². The largest absolute Gasteiger partial charge is 0.346 e. The molecule has 0 bridgehead atoms. The molecule has 0 aliphatic carbocycles. The number of thiazole rings is 1. The van der Waals surface area contributed by atoms with Gasteiger partial charge in [0.05, 0.1) is 27.7 Å². The van der Waals surface area contributed by atoms with Crippen molar-refractivity contribution in [3.63, 3.8) is 0 Å². The SMILES string of the molecule is CC(C)NS(=O)(=O)c1ccc(Cl)c(C(=O)NCc2csc(-c3ccccc3)n2)c1. The Bertz CT molecular complexity index is 1110. The summed E-state index contributed by atoms with van der Waals surface area (Å²) in [6.45, 7) is 3.65. The highest BCUT2D eigenvalue weighted by Gasteiger charge is 2.19. The van der Waals surface area contributed by atoms with Gasteiger partial charge in [-0.05, 0) is 32.0 Å². The molecule has 0 saturated carbocycles. The van der Waals surface area contributed by atoms with E-state index in [1.54, 1.807) is 13.8 Å². The van der Waals surface area contributed by atoms with Gasteiger partial charge in [-0.1, -0.05) is 41.9 Å². The van der Waals surface area contributed by atoms with Gasteiger partial charge in [0.15, 0.2) is 0 Å². The Morgan fingerprint density at radius 3 is 2.59 bits per heavy atom. The molecule has 0 aliphatic heterocycles. The van der Waals surface area contributed by atoms with Crippen LogP contribution in [0.15, 0.2) is 58.8 Å². The highest BCUT2D eigenvalue weighted by Crippen LogP contribution is 2.24. The smallest absolute Gasteiger partial charge is 0.253 e. The van der Waals surface area contributed by atoms with Gasteiger partial charge in [-0.2, -0.15) is 0 Å². The average Bonchev–Trinajstić information content (AvgIpc) is 3.15. The van der Waals surface area contributed by atoms with Gasteiger partial charge in [-0.3, -0.25) is 4.79 Å². The topological polar surface area (TPSA) is 88.2 Å². The number of halogens is 1. The fourth-order valence-corrected chi connectivity index (χ4v) is 4.90. The summed E-state index contributed by atoms with van der Waals surface area (Å²) in [5, 5.41) is 5.66. The molecule has 0 spiro atoms. The molecule has 0 saturated heterocycles. The Morgan fingerprint density at radius 1 is 1.17 bits per heavy atom. The van der Waals surface area contributed by atoms with E-state index in [1.165, 1.54) is 29.5 Å². The number of nitrogens with one attached hydrogen (secondary N) is 2. The molecule has 0 atom stereocenters. The van der Waals surface area contributed by atoms with Crippen LogP contribution in [0.5, 0.6) is 0 Å². The number of nitrogens with zero attached hydrogens (tertiary/aromatic N) is 1. The first kappa shape index (κ1) is 21.4. The number of rotatable bonds is 7. The predicted molar refractivity (Wildman–Crippen MR) is 116 cm³/mol. The van der Waals surface area contributed by atoms with Gasteiger partial charge in [0.2, 0.25) is 10.0 Å². The zero-order valence-corrected chi connectivity index (χ0v) is 18.2. The van der Waals surface area contributed by atoms with Gasteiger partial charge in [0, 0.05) is 17.0 Å². The first-order valence-corrected chi connectivity index (χ1v) is 11.6. The molecule has 0 aliphatic rings. The average molecular weight is 450 g/mol. The van der Waals surface area contributed by atoms with Crippen LogP contribution in [0.25, 0.3) is 10.6 Å². The molecule has 1 heterocycles. The zero-order valence-electron chi connectivity index (χ0n) is 15.8. The maximum absolute atomic E-state index is 12.6. The molecule has 0 fully saturated rings. The molecule has 1 amide bonds. The van der Waals surface area contributed by atoms with Gasteiger partial charge in [0.1, 0.15) is 5.01 Å². The van der Waals surface area contributed by atoms with E-state index >= 15 is 0 Å². The van der Waals surface area contributed by atoms with Crippen molar-refractivity contribution in [2.75, 3.05) is 0 Å². The normalized spacial score (nSPS) is 11.6. The van der Waals surface area contributed by atoms with Crippen LogP contribution in [0.2, 0.25) is 5.02 Å². The van der Waals surface area contributed by atoms with Crippen LogP contribution in [0.3, 0.4) is 0 Å². The molecule has 2 N–H and O–H groups in total. The highest BCUT2D eigenvalue weighted by molar-refractivity contribution is 7.89. The monoisotopic (exact) mass is 449 g/mol. The highest BCUT2D eigenvalue weighted by atomic mass is 35.5. The lowest BCUT2D eigenvalue weighted by Crippen LogP contribution is -2.30.